The Bertz CT molecular complexity index is 498. The third-order valence-electron chi connectivity index (χ3n) is 2.56. The van der Waals surface area contributed by atoms with Gasteiger partial charge in [0.2, 0.25) is 0 Å². The van der Waals surface area contributed by atoms with Gasteiger partial charge in [-0.3, -0.25) is 4.68 Å². The smallest absolute Gasteiger partial charge is 0.125 e. The van der Waals surface area contributed by atoms with Crippen LogP contribution in [0.1, 0.15) is 18.6 Å². The molecule has 5 heteroatoms. The van der Waals surface area contributed by atoms with Crippen LogP contribution in [0, 0.1) is 0 Å². The average Bonchev–Trinajstić information content (AvgIpc) is 2.84. The van der Waals surface area contributed by atoms with Gasteiger partial charge >= 0.3 is 0 Å². The molecule has 0 amide bonds. The Labute approximate surface area is 111 Å². The predicted octanol–water partition coefficient (Wildman–Crippen LogP) is 2.67. The van der Waals surface area contributed by atoms with Crippen molar-refractivity contribution in [1.29, 1.82) is 0 Å². The van der Waals surface area contributed by atoms with Gasteiger partial charge in [0.05, 0.1) is 12.6 Å². The van der Waals surface area contributed by atoms with Crippen molar-refractivity contribution in [3.05, 3.63) is 47.2 Å². The van der Waals surface area contributed by atoms with Crippen molar-refractivity contribution in [2.24, 2.45) is 0 Å². The molecule has 18 heavy (non-hydrogen) atoms. The number of halogens is 1. The van der Waals surface area contributed by atoms with Gasteiger partial charge in [0, 0.05) is 23.0 Å². The summed E-state index contributed by atoms with van der Waals surface area (Å²) in [6.07, 6.45) is 2.99. The molecule has 0 aliphatic rings. The molecular weight excluding hydrogens is 252 g/mol. The maximum atomic E-state index is 9.66. The summed E-state index contributed by atoms with van der Waals surface area (Å²) in [5, 5.41) is 14.3. The second-order valence-corrected chi connectivity index (χ2v) is 4.41. The standard InChI is InChI=1S/C13H15ClN2O2/c1-10(17)12-9-11(14)3-4-13(12)18-8-7-16-6-2-5-15-16/h2-6,9-10,17H,7-8H2,1H3/t10-/m1/s1. The van der Waals surface area contributed by atoms with E-state index in [0.29, 0.717) is 29.5 Å². The van der Waals surface area contributed by atoms with E-state index in [1.54, 1.807) is 36.0 Å². The van der Waals surface area contributed by atoms with Gasteiger partial charge in [-0.1, -0.05) is 11.6 Å². The molecule has 1 atom stereocenters. The minimum Gasteiger partial charge on any atom is -0.491 e. The SMILES string of the molecule is C[C@@H](O)c1cc(Cl)ccc1OCCn1cccn1. The Morgan fingerprint density at radius 3 is 3.00 bits per heavy atom. The molecule has 1 aromatic carbocycles. The van der Waals surface area contributed by atoms with E-state index in [0.717, 1.165) is 0 Å². The lowest BCUT2D eigenvalue weighted by atomic mass is 10.1. The Hall–Kier alpha value is -1.52. The molecule has 0 spiro atoms. The van der Waals surface area contributed by atoms with Crippen LogP contribution in [0.5, 0.6) is 5.75 Å². The lowest BCUT2D eigenvalue weighted by Gasteiger charge is -2.13. The van der Waals surface area contributed by atoms with Crippen molar-refractivity contribution in [1.82, 2.24) is 9.78 Å². The zero-order chi connectivity index (χ0) is 13.0. The van der Waals surface area contributed by atoms with Crippen LogP contribution >= 0.6 is 11.6 Å². The highest BCUT2D eigenvalue weighted by molar-refractivity contribution is 6.30. The highest BCUT2D eigenvalue weighted by atomic mass is 35.5. The van der Waals surface area contributed by atoms with Crippen LogP contribution in [-0.4, -0.2) is 21.5 Å². The largest absolute Gasteiger partial charge is 0.491 e. The Kier molecular flexibility index (Phi) is 4.23. The van der Waals surface area contributed by atoms with Crippen LogP contribution in [0.3, 0.4) is 0 Å². The predicted molar refractivity (Wildman–Crippen MR) is 69.8 cm³/mol. The van der Waals surface area contributed by atoms with Crippen molar-refractivity contribution in [3.8, 4) is 5.75 Å². The van der Waals surface area contributed by atoms with Crippen molar-refractivity contribution in [3.63, 3.8) is 0 Å². The molecule has 2 rings (SSSR count). The second-order valence-electron chi connectivity index (χ2n) is 3.98. The quantitative estimate of drug-likeness (QED) is 0.905. The first-order chi connectivity index (χ1) is 8.66. The molecule has 0 aliphatic heterocycles. The lowest BCUT2D eigenvalue weighted by molar-refractivity contribution is 0.190. The van der Waals surface area contributed by atoms with Gasteiger partial charge in [0.25, 0.3) is 0 Å². The minimum absolute atomic E-state index is 0.489. The number of hydrogen-bond donors (Lipinski definition) is 1. The topological polar surface area (TPSA) is 47.3 Å². The third kappa shape index (κ3) is 3.24. The highest BCUT2D eigenvalue weighted by Crippen LogP contribution is 2.28. The Morgan fingerprint density at radius 1 is 1.50 bits per heavy atom. The summed E-state index contributed by atoms with van der Waals surface area (Å²) < 4.78 is 7.44. The maximum absolute atomic E-state index is 9.66. The first-order valence-electron chi connectivity index (χ1n) is 5.74. The van der Waals surface area contributed by atoms with Crippen molar-refractivity contribution in [2.75, 3.05) is 6.61 Å². The van der Waals surface area contributed by atoms with Gasteiger partial charge in [-0.05, 0) is 31.2 Å². The molecule has 2 aromatic rings. The molecule has 0 saturated heterocycles. The van der Waals surface area contributed by atoms with E-state index in [4.69, 9.17) is 16.3 Å². The zero-order valence-electron chi connectivity index (χ0n) is 10.1. The molecular formula is C13H15ClN2O2. The van der Waals surface area contributed by atoms with Crippen LogP contribution < -0.4 is 4.74 Å². The summed E-state index contributed by atoms with van der Waals surface area (Å²) in [5.41, 5.74) is 0.697. The van der Waals surface area contributed by atoms with Gasteiger partial charge < -0.3 is 9.84 Å². The number of rotatable bonds is 5. The molecule has 0 fully saturated rings. The van der Waals surface area contributed by atoms with Gasteiger partial charge in [0.1, 0.15) is 12.4 Å². The molecule has 0 bridgehead atoms. The molecule has 4 nitrogen and oxygen atoms in total. The molecule has 96 valence electrons. The molecule has 0 radical (unpaired) electrons. The summed E-state index contributed by atoms with van der Waals surface area (Å²) in [6, 6.07) is 7.10. The number of ether oxygens (including phenoxy) is 1. The van der Waals surface area contributed by atoms with Gasteiger partial charge in [-0.2, -0.15) is 5.10 Å². The van der Waals surface area contributed by atoms with Crippen molar-refractivity contribution < 1.29 is 9.84 Å². The highest BCUT2D eigenvalue weighted by Gasteiger charge is 2.09. The fourth-order valence-corrected chi connectivity index (χ4v) is 1.84. The molecule has 1 heterocycles. The minimum atomic E-state index is -0.608. The summed E-state index contributed by atoms with van der Waals surface area (Å²) in [7, 11) is 0. The molecule has 0 saturated carbocycles. The fraction of sp³-hybridized carbons (Fsp3) is 0.308. The summed E-state index contributed by atoms with van der Waals surface area (Å²) in [6.45, 7) is 2.84. The Morgan fingerprint density at radius 2 is 2.33 bits per heavy atom. The Balaban J connectivity index is 2.00. The summed E-state index contributed by atoms with van der Waals surface area (Å²) >= 11 is 5.90. The first-order valence-corrected chi connectivity index (χ1v) is 6.12. The van der Waals surface area contributed by atoms with Gasteiger partial charge in [-0.25, -0.2) is 0 Å². The number of aliphatic hydroxyl groups excluding tert-OH is 1. The monoisotopic (exact) mass is 266 g/mol. The van der Waals surface area contributed by atoms with Gasteiger partial charge in [-0.15, -0.1) is 0 Å². The second kappa shape index (κ2) is 5.89. The summed E-state index contributed by atoms with van der Waals surface area (Å²) in [4.78, 5) is 0. The van der Waals surface area contributed by atoms with E-state index in [2.05, 4.69) is 5.10 Å². The lowest BCUT2D eigenvalue weighted by Crippen LogP contribution is -2.09. The average molecular weight is 267 g/mol. The molecule has 1 aromatic heterocycles. The van der Waals surface area contributed by atoms with Gasteiger partial charge in [0.15, 0.2) is 0 Å². The molecule has 0 unspecified atom stereocenters. The number of hydrogen-bond acceptors (Lipinski definition) is 3. The van der Waals surface area contributed by atoms with E-state index in [-0.39, 0.29) is 0 Å². The number of benzene rings is 1. The van der Waals surface area contributed by atoms with Crippen LogP contribution in [0.4, 0.5) is 0 Å². The van der Waals surface area contributed by atoms with E-state index in [1.807, 2.05) is 12.3 Å². The van der Waals surface area contributed by atoms with Crippen LogP contribution in [0.2, 0.25) is 5.02 Å². The fourth-order valence-electron chi connectivity index (χ4n) is 1.66. The first kappa shape index (κ1) is 12.9. The van der Waals surface area contributed by atoms with E-state index < -0.39 is 6.10 Å². The van der Waals surface area contributed by atoms with Crippen molar-refractivity contribution >= 4 is 11.6 Å². The molecule has 0 aliphatic carbocycles. The number of aromatic nitrogens is 2. The normalized spacial score (nSPS) is 12.4. The van der Waals surface area contributed by atoms with Crippen LogP contribution in [0.15, 0.2) is 36.7 Å². The van der Waals surface area contributed by atoms with E-state index in [1.165, 1.54) is 0 Å². The third-order valence-corrected chi connectivity index (χ3v) is 2.79. The van der Waals surface area contributed by atoms with E-state index in [9.17, 15) is 5.11 Å². The maximum Gasteiger partial charge on any atom is 0.125 e. The van der Waals surface area contributed by atoms with Crippen LogP contribution in [0.25, 0.3) is 0 Å². The van der Waals surface area contributed by atoms with Crippen molar-refractivity contribution in [2.45, 2.75) is 19.6 Å². The van der Waals surface area contributed by atoms with Crippen LogP contribution in [-0.2, 0) is 6.54 Å². The zero-order valence-corrected chi connectivity index (χ0v) is 10.8. The molecule has 1 N–H and O–H groups in total. The summed E-state index contributed by atoms with van der Waals surface area (Å²) in [5.74, 6) is 0.654. The van der Waals surface area contributed by atoms with E-state index >= 15 is 0 Å². The number of aliphatic hydroxyl groups is 1. The number of nitrogens with zero attached hydrogens (tertiary/aromatic N) is 2.